The number of nitrogens with zero attached hydrogens (tertiary/aromatic N) is 2. The number of rotatable bonds is 5. The van der Waals surface area contributed by atoms with Crippen molar-refractivity contribution in [1.29, 1.82) is 0 Å². The van der Waals surface area contributed by atoms with Crippen LogP contribution in [0.25, 0.3) is 0 Å². The summed E-state index contributed by atoms with van der Waals surface area (Å²) in [4.78, 5) is 24.8. The quantitative estimate of drug-likeness (QED) is 0.437. The number of non-ortho nitro benzene ring substituents is 1. The maximum Gasteiger partial charge on any atom is 0.270 e. The van der Waals surface area contributed by atoms with Gasteiger partial charge in [-0.25, -0.2) is 0 Å². The lowest BCUT2D eigenvalue weighted by atomic mass is 10.2. The van der Waals surface area contributed by atoms with E-state index in [-0.39, 0.29) is 23.8 Å². The van der Waals surface area contributed by atoms with Crippen molar-refractivity contribution in [2.24, 2.45) is 0 Å². The van der Waals surface area contributed by atoms with Crippen molar-refractivity contribution in [3.8, 4) is 0 Å². The van der Waals surface area contributed by atoms with Crippen molar-refractivity contribution in [1.82, 2.24) is 10.2 Å². The highest BCUT2D eigenvalue weighted by Crippen LogP contribution is 2.19. The van der Waals surface area contributed by atoms with Gasteiger partial charge in [0.1, 0.15) is 0 Å². The molecule has 2 rings (SSSR count). The molecule has 2 unspecified atom stereocenters. The van der Waals surface area contributed by atoms with Crippen LogP contribution in [0.1, 0.15) is 24.2 Å². The molecule has 0 spiro atoms. The topological polar surface area (TPSA) is 84.7 Å². The molecule has 2 atom stereocenters. The van der Waals surface area contributed by atoms with Gasteiger partial charge in [-0.3, -0.25) is 19.8 Å². The van der Waals surface area contributed by atoms with Crippen LogP contribution >= 0.6 is 22.6 Å². The molecule has 1 amide bonds. The minimum absolute atomic E-state index is 0.0774. The van der Waals surface area contributed by atoms with E-state index in [9.17, 15) is 14.9 Å². The fraction of sp³-hybridized carbons (Fsp3) is 0.533. The monoisotopic (exact) mass is 433 g/mol. The number of ether oxygens (including phenoxy) is 1. The van der Waals surface area contributed by atoms with Gasteiger partial charge in [-0.15, -0.1) is 0 Å². The molecule has 1 N–H and O–H groups in total. The second-order valence-electron chi connectivity index (χ2n) is 5.69. The second kappa shape index (κ2) is 8.02. The number of nitrogens with one attached hydrogen (secondary N) is 1. The number of amides is 1. The molecular weight excluding hydrogens is 413 g/mol. The summed E-state index contributed by atoms with van der Waals surface area (Å²) in [5.74, 6) is -0.285. The van der Waals surface area contributed by atoms with Gasteiger partial charge in [0.2, 0.25) is 0 Å². The minimum Gasteiger partial charge on any atom is -0.373 e. The normalized spacial score (nSPS) is 21.9. The molecule has 1 aliphatic rings. The first-order valence-electron chi connectivity index (χ1n) is 7.46. The summed E-state index contributed by atoms with van der Waals surface area (Å²) in [6.07, 6.45) is 0.374. The third-order valence-electron chi connectivity index (χ3n) is 3.61. The van der Waals surface area contributed by atoms with Gasteiger partial charge < -0.3 is 10.1 Å². The summed E-state index contributed by atoms with van der Waals surface area (Å²) in [6, 6.07) is 4.30. The highest BCUT2D eigenvalue weighted by atomic mass is 127. The van der Waals surface area contributed by atoms with Crippen LogP contribution in [0.15, 0.2) is 18.2 Å². The number of carbonyl (C=O) groups excluding carboxylic acids is 1. The number of hydrogen-bond acceptors (Lipinski definition) is 5. The number of halogens is 1. The van der Waals surface area contributed by atoms with Gasteiger partial charge in [0.15, 0.2) is 0 Å². The molecule has 0 bridgehead atoms. The number of carbonyl (C=O) groups is 1. The summed E-state index contributed by atoms with van der Waals surface area (Å²) >= 11 is 2.01. The molecule has 1 heterocycles. The van der Waals surface area contributed by atoms with Crippen LogP contribution in [0.4, 0.5) is 5.69 Å². The Bertz CT molecular complexity index is 586. The molecule has 7 nitrogen and oxygen atoms in total. The van der Waals surface area contributed by atoms with Gasteiger partial charge in [-0.2, -0.15) is 0 Å². The molecule has 8 heteroatoms. The third kappa shape index (κ3) is 5.11. The van der Waals surface area contributed by atoms with Gasteiger partial charge in [-0.1, -0.05) is 0 Å². The number of benzene rings is 1. The van der Waals surface area contributed by atoms with Crippen LogP contribution in [0.3, 0.4) is 0 Å². The van der Waals surface area contributed by atoms with E-state index in [0.29, 0.717) is 15.7 Å². The number of morpholine rings is 1. The van der Waals surface area contributed by atoms with E-state index in [1.807, 2.05) is 36.4 Å². The van der Waals surface area contributed by atoms with Crippen molar-refractivity contribution < 1.29 is 14.5 Å². The molecule has 1 saturated heterocycles. The Balaban J connectivity index is 1.90. The Morgan fingerprint density at radius 3 is 2.70 bits per heavy atom. The Hall–Kier alpha value is -1.26. The summed E-state index contributed by atoms with van der Waals surface area (Å²) in [5, 5.41) is 13.7. The number of nitro benzene ring substituents is 1. The average molecular weight is 433 g/mol. The predicted octanol–water partition coefficient (Wildman–Crippen LogP) is 2.04. The van der Waals surface area contributed by atoms with Crippen molar-refractivity contribution in [2.75, 3.05) is 26.2 Å². The lowest BCUT2D eigenvalue weighted by Crippen LogP contribution is -2.47. The van der Waals surface area contributed by atoms with Crippen molar-refractivity contribution in [2.45, 2.75) is 26.1 Å². The molecule has 126 valence electrons. The van der Waals surface area contributed by atoms with Crippen molar-refractivity contribution in [3.63, 3.8) is 0 Å². The van der Waals surface area contributed by atoms with E-state index in [4.69, 9.17) is 4.74 Å². The zero-order chi connectivity index (χ0) is 17.0. The van der Waals surface area contributed by atoms with E-state index in [1.165, 1.54) is 12.1 Å². The van der Waals surface area contributed by atoms with Crippen molar-refractivity contribution >= 4 is 34.2 Å². The zero-order valence-electron chi connectivity index (χ0n) is 13.1. The highest BCUT2D eigenvalue weighted by molar-refractivity contribution is 14.1. The van der Waals surface area contributed by atoms with Gasteiger partial charge in [0, 0.05) is 41.9 Å². The first-order valence-corrected chi connectivity index (χ1v) is 8.54. The van der Waals surface area contributed by atoms with Crippen LogP contribution < -0.4 is 5.32 Å². The molecule has 0 radical (unpaired) electrons. The standard InChI is InChI=1S/C15H20IN3O4/c1-10-8-18(9-11(2)23-10)6-5-17-15(20)13-7-12(19(21)22)3-4-14(13)16/h3-4,7,10-11H,5-6,8-9H2,1-2H3,(H,17,20). The minimum atomic E-state index is -0.497. The van der Waals surface area contributed by atoms with Gasteiger partial charge in [-0.05, 0) is 42.5 Å². The van der Waals surface area contributed by atoms with Crippen molar-refractivity contribution in [3.05, 3.63) is 37.4 Å². The molecule has 23 heavy (non-hydrogen) atoms. The van der Waals surface area contributed by atoms with Crippen LogP contribution in [-0.2, 0) is 4.74 Å². The fourth-order valence-corrected chi connectivity index (χ4v) is 3.27. The maximum atomic E-state index is 12.2. The summed E-state index contributed by atoms with van der Waals surface area (Å²) in [5.41, 5.74) is 0.259. The van der Waals surface area contributed by atoms with Gasteiger partial charge >= 0.3 is 0 Å². The van der Waals surface area contributed by atoms with E-state index in [2.05, 4.69) is 10.2 Å². The highest BCUT2D eigenvalue weighted by Gasteiger charge is 2.22. The number of nitro groups is 1. The lowest BCUT2D eigenvalue weighted by Gasteiger charge is -2.35. The molecular formula is C15H20IN3O4. The fourth-order valence-electron chi connectivity index (χ4n) is 2.69. The van der Waals surface area contributed by atoms with E-state index in [1.54, 1.807) is 6.07 Å². The molecule has 1 fully saturated rings. The molecule has 1 aliphatic heterocycles. The van der Waals surface area contributed by atoms with Gasteiger partial charge in [0.25, 0.3) is 11.6 Å². The predicted molar refractivity (Wildman–Crippen MR) is 94.6 cm³/mol. The van der Waals surface area contributed by atoms with Crippen LogP contribution in [-0.4, -0.2) is 54.1 Å². The summed E-state index contributed by atoms with van der Waals surface area (Å²) in [6.45, 7) is 6.98. The first kappa shape index (κ1) is 18.1. The largest absolute Gasteiger partial charge is 0.373 e. The molecule has 1 aromatic carbocycles. The Labute approximate surface area is 148 Å². The second-order valence-corrected chi connectivity index (χ2v) is 6.86. The van der Waals surface area contributed by atoms with Crippen LogP contribution in [0.5, 0.6) is 0 Å². The SMILES string of the molecule is CC1CN(CCNC(=O)c2cc([N+](=O)[O-])ccc2I)CC(C)O1. The smallest absolute Gasteiger partial charge is 0.270 e. The molecule has 0 aliphatic carbocycles. The summed E-state index contributed by atoms with van der Waals surface area (Å²) in [7, 11) is 0. The molecule has 0 aromatic heterocycles. The molecule has 0 saturated carbocycles. The molecule has 1 aromatic rings. The van der Waals surface area contributed by atoms with Gasteiger partial charge in [0.05, 0.1) is 22.7 Å². The Morgan fingerprint density at radius 1 is 1.43 bits per heavy atom. The summed E-state index contributed by atoms with van der Waals surface area (Å²) < 4.78 is 6.36. The van der Waals surface area contributed by atoms with Crippen LogP contribution in [0, 0.1) is 13.7 Å². The third-order valence-corrected chi connectivity index (χ3v) is 4.55. The lowest BCUT2D eigenvalue weighted by molar-refractivity contribution is -0.384. The van der Waals surface area contributed by atoms with Crippen LogP contribution in [0.2, 0.25) is 0 Å². The maximum absolute atomic E-state index is 12.2. The van der Waals surface area contributed by atoms with E-state index in [0.717, 1.165) is 19.6 Å². The average Bonchev–Trinajstić information content (AvgIpc) is 2.46. The van der Waals surface area contributed by atoms with E-state index < -0.39 is 4.92 Å². The first-order chi connectivity index (χ1) is 10.9. The number of hydrogen-bond donors (Lipinski definition) is 1. The zero-order valence-corrected chi connectivity index (χ0v) is 15.3. The Kier molecular flexibility index (Phi) is 6.31. The Morgan fingerprint density at radius 2 is 2.09 bits per heavy atom. The van der Waals surface area contributed by atoms with E-state index >= 15 is 0 Å².